The summed E-state index contributed by atoms with van der Waals surface area (Å²) < 4.78 is 0. The van der Waals surface area contributed by atoms with Gasteiger partial charge in [0.2, 0.25) is 5.95 Å². The van der Waals surface area contributed by atoms with E-state index in [0.29, 0.717) is 30.4 Å². The van der Waals surface area contributed by atoms with Crippen LogP contribution < -0.4 is 5.32 Å². The number of aliphatic hydroxyl groups is 1. The van der Waals surface area contributed by atoms with E-state index < -0.39 is 0 Å². The highest BCUT2D eigenvalue weighted by molar-refractivity contribution is 5.38. The molecule has 0 saturated heterocycles. The molecular weight excluding hydrogens is 328 g/mol. The Hall–Kier alpha value is -2.59. The molecule has 1 saturated carbocycles. The Morgan fingerprint density at radius 1 is 1.31 bits per heavy atom. The van der Waals surface area contributed by atoms with Crippen molar-refractivity contribution in [1.82, 2.24) is 19.9 Å². The van der Waals surface area contributed by atoms with Crippen molar-refractivity contribution in [2.45, 2.75) is 52.7 Å². The molecule has 2 N–H and O–H groups in total. The number of hydrogen-bond acceptors (Lipinski definition) is 7. The van der Waals surface area contributed by atoms with E-state index in [2.05, 4.69) is 52.1 Å². The van der Waals surface area contributed by atoms with Crippen LogP contribution in [0.1, 0.15) is 49.7 Å². The van der Waals surface area contributed by atoms with Crippen LogP contribution in [0.3, 0.4) is 0 Å². The summed E-state index contributed by atoms with van der Waals surface area (Å²) in [6.07, 6.45) is 6.86. The number of nitrogens with zero attached hydrogens (tertiary/aromatic N) is 5. The summed E-state index contributed by atoms with van der Waals surface area (Å²) in [6, 6.07) is 2.17. The van der Waals surface area contributed by atoms with Crippen molar-refractivity contribution in [1.29, 1.82) is 5.26 Å². The molecule has 0 spiro atoms. The summed E-state index contributed by atoms with van der Waals surface area (Å²) in [5, 5.41) is 22.5. The Balaban J connectivity index is 1.74. The molecular formula is C19H24N6O. The van der Waals surface area contributed by atoms with Gasteiger partial charge in [-0.3, -0.25) is 0 Å². The fraction of sp³-hybridized carbons (Fsp3) is 0.526. The van der Waals surface area contributed by atoms with Crippen molar-refractivity contribution in [3.63, 3.8) is 0 Å². The molecule has 0 bridgehead atoms. The molecule has 0 aromatic carbocycles. The van der Waals surface area contributed by atoms with Crippen molar-refractivity contribution in [2.75, 3.05) is 5.32 Å². The first-order valence-electron chi connectivity index (χ1n) is 8.91. The molecule has 1 aliphatic rings. The molecule has 2 atom stereocenters. The predicted octanol–water partition coefficient (Wildman–Crippen LogP) is 2.26. The summed E-state index contributed by atoms with van der Waals surface area (Å²) in [7, 11) is 0. The zero-order valence-corrected chi connectivity index (χ0v) is 15.4. The van der Waals surface area contributed by atoms with E-state index in [0.717, 1.165) is 29.8 Å². The molecule has 0 radical (unpaired) electrons. The summed E-state index contributed by atoms with van der Waals surface area (Å²) in [6.45, 7) is 6.69. The predicted molar refractivity (Wildman–Crippen MR) is 97.1 cm³/mol. The van der Waals surface area contributed by atoms with Gasteiger partial charge in [0.15, 0.2) is 0 Å². The Kier molecular flexibility index (Phi) is 5.14. The van der Waals surface area contributed by atoms with E-state index in [9.17, 15) is 10.4 Å². The summed E-state index contributed by atoms with van der Waals surface area (Å²) in [5.41, 5.74) is 3.07. The van der Waals surface area contributed by atoms with Gasteiger partial charge in [-0.05, 0) is 30.6 Å². The van der Waals surface area contributed by atoms with Crippen LogP contribution in [0.15, 0.2) is 18.7 Å². The molecule has 7 nitrogen and oxygen atoms in total. The molecule has 1 aliphatic carbocycles. The van der Waals surface area contributed by atoms with Gasteiger partial charge in [0, 0.05) is 24.0 Å². The molecule has 0 amide bonds. The fourth-order valence-corrected chi connectivity index (χ4v) is 3.34. The topological polar surface area (TPSA) is 108 Å². The lowest BCUT2D eigenvalue weighted by Gasteiger charge is -2.49. The number of aromatic nitrogens is 4. The molecule has 2 heterocycles. The van der Waals surface area contributed by atoms with Gasteiger partial charge in [0.05, 0.1) is 23.6 Å². The molecule has 2 aromatic rings. The third-order valence-electron chi connectivity index (χ3n) is 5.50. The highest BCUT2D eigenvalue weighted by atomic mass is 16.3. The molecule has 2 aromatic heterocycles. The van der Waals surface area contributed by atoms with E-state index in [1.54, 1.807) is 18.7 Å². The van der Waals surface area contributed by atoms with Crippen LogP contribution in [0, 0.1) is 22.7 Å². The number of aliphatic hydroxyl groups excluding tert-OH is 1. The number of nitrogens with one attached hydrogen (secondary N) is 1. The summed E-state index contributed by atoms with van der Waals surface area (Å²) in [4.78, 5) is 17.2. The average Bonchev–Trinajstić information content (AvgIpc) is 2.66. The van der Waals surface area contributed by atoms with Crippen molar-refractivity contribution < 1.29 is 5.11 Å². The largest absolute Gasteiger partial charge is 0.393 e. The highest BCUT2D eigenvalue weighted by Gasteiger charge is 2.47. The number of aryl methyl sites for hydroxylation is 1. The molecule has 136 valence electrons. The number of rotatable bonds is 6. The van der Waals surface area contributed by atoms with Gasteiger partial charge in [-0.15, -0.1) is 0 Å². The third-order valence-corrected chi connectivity index (χ3v) is 5.50. The standard InChI is InChI=1S/C19H24N6O/c1-4-15-13(8-21-11-24-15)10-23-18-22-9-12(7-20)16(25-18)5-14-6-17(26)19(14,2)3/h8-9,11,14,17,26H,4-6,10H2,1-3H3,(H,22,23,25)/t14-,17+/m0/s1. The van der Waals surface area contributed by atoms with Crippen LogP contribution in [-0.2, 0) is 19.4 Å². The molecule has 7 heteroatoms. The lowest BCUT2D eigenvalue weighted by molar-refractivity contribution is -0.0978. The first-order valence-corrected chi connectivity index (χ1v) is 8.91. The number of nitriles is 1. The molecule has 0 unspecified atom stereocenters. The molecule has 0 aliphatic heterocycles. The maximum Gasteiger partial charge on any atom is 0.223 e. The van der Waals surface area contributed by atoms with Crippen LogP contribution in [0.5, 0.6) is 0 Å². The minimum Gasteiger partial charge on any atom is -0.393 e. The van der Waals surface area contributed by atoms with E-state index in [-0.39, 0.29) is 11.5 Å². The fourth-order valence-electron chi connectivity index (χ4n) is 3.34. The molecule has 26 heavy (non-hydrogen) atoms. The van der Waals surface area contributed by atoms with Gasteiger partial charge < -0.3 is 10.4 Å². The zero-order valence-electron chi connectivity index (χ0n) is 15.4. The molecule has 1 fully saturated rings. The normalized spacial score (nSPS) is 20.9. The van der Waals surface area contributed by atoms with Crippen LogP contribution in [0.25, 0.3) is 0 Å². The number of anilines is 1. The highest BCUT2D eigenvalue weighted by Crippen LogP contribution is 2.47. The molecule has 3 rings (SSSR count). The summed E-state index contributed by atoms with van der Waals surface area (Å²) >= 11 is 0. The van der Waals surface area contributed by atoms with E-state index >= 15 is 0 Å². The average molecular weight is 352 g/mol. The van der Waals surface area contributed by atoms with E-state index in [1.807, 2.05) is 0 Å². The van der Waals surface area contributed by atoms with Crippen LogP contribution >= 0.6 is 0 Å². The van der Waals surface area contributed by atoms with Crippen LogP contribution in [0.4, 0.5) is 5.95 Å². The lowest BCUT2D eigenvalue weighted by Crippen LogP contribution is -2.50. The van der Waals surface area contributed by atoms with E-state index in [1.165, 1.54) is 0 Å². The van der Waals surface area contributed by atoms with Gasteiger partial charge in [0.1, 0.15) is 12.4 Å². The SMILES string of the molecule is CCc1ncncc1CNc1ncc(C#N)c(C[C@H]2C[C@@H](O)C2(C)C)n1. The van der Waals surface area contributed by atoms with Crippen molar-refractivity contribution in [3.8, 4) is 6.07 Å². The maximum absolute atomic E-state index is 9.94. The van der Waals surface area contributed by atoms with Crippen LogP contribution in [0.2, 0.25) is 0 Å². The van der Waals surface area contributed by atoms with Gasteiger partial charge in [-0.1, -0.05) is 20.8 Å². The van der Waals surface area contributed by atoms with Crippen molar-refractivity contribution >= 4 is 5.95 Å². The zero-order chi connectivity index (χ0) is 18.7. The van der Waals surface area contributed by atoms with Gasteiger partial charge >= 0.3 is 0 Å². The minimum absolute atomic E-state index is 0.150. The van der Waals surface area contributed by atoms with Gasteiger partial charge in [-0.2, -0.15) is 5.26 Å². The maximum atomic E-state index is 9.94. The Bertz CT molecular complexity index is 829. The first kappa shape index (κ1) is 18.2. The Labute approximate surface area is 153 Å². The Morgan fingerprint density at radius 3 is 2.77 bits per heavy atom. The smallest absolute Gasteiger partial charge is 0.223 e. The van der Waals surface area contributed by atoms with Crippen LogP contribution in [-0.4, -0.2) is 31.1 Å². The van der Waals surface area contributed by atoms with Gasteiger partial charge in [-0.25, -0.2) is 19.9 Å². The minimum atomic E-state index is -0.289. The monoisotopic (exact) mass is 352 g/mol. The van der Waals surface area contributed by atoms with Crippen molar-refractivity contribution in [3.05, 3.63) is 41.2 Å². The van der Waals surface area contributed by atoms with Gasteiger partial charge in [0.25, 0.3) is 0 Å². The second kappa shape index (κ2) is 7.34. The Morgan fingerprint density at radius 2 is 2.12 bits per heavy atom. The quantitative estimate of drug-likeness (QED) is 0.821. The summed E-state index contributed by atoms with van der Waals surface area (Å²) in [5.74, 6) is 0.796. The second-order valence-corrected chi connectivity index (χ2v) is 7.34. The van der Waals surface area contributed by atoms with E-state index in [4.69, 9.17) is 0 Å². The first-order chi connectivity index (χ1) is 12.5. The lowest BCUT2D eigenvalue weighted by atomic mass is 9.58. The van der Waals surface area contributed by atoms with Crippen molar-refractivity contribution in [2.24, 2.45) is 11.3 Å². The number of hydrogen-bond donors (Lipinski definition) is 2. The third kappa shape index (κ3) is 3.51. The second-order valence-electron chi connectivity index (χ2n) is 7.34.